The number of amides is 1. The number of hydrogen-bond donors (Lipinski definition) is 1. The number of benzene rings is 2. The SMILES string of the molecule is COc1ccc(C=Nc2sc3c(c2C(N)=O)C(c2cccc(Cl)c2)CCC3)cc1OC. The number of carbonyl (C=O) groups is 1. The Bertz CT molecular complexity index is 1160. The van der Waals surface area contributed by atoms with E-state index in [2.05, 4.69) is 11.1 Å². The monoisotopic (exact) mass is 454 g/mol. The molecular weight excluding hydrogens is 432 g/mol. The third-order valence-corrected chi connectivity index (χ3v) is 6.89. The van der Waals surface area contributed by atoms with Gasteiger partial charge in [-0.15, -0.1) is 11.3 Å². The van der Waals surface area contributed by atoms with Crippen LogP contribution in [-0.2, 0) is 6.42 Å². The molecule has 3 aromatic rings. The van der Waals surface area contributed by atoms with Gasteiger partial charge in [0.25, 0.3) is 5.91 Å². The van der Waals surface area contributed by atoms with Crippen molar-refractivity contribution in [2.45, 2.75) is 25.2 Å². The minimum absolute atomic E-state index is 0.0891. The molecule has 0 bridgehead atoms. The number of fused-ring (bicyclic) bond motifs is 1. The molecule has 1 aromatic heterocycles. The molecule has 0 saturated heterocycles. The Kier molecular flexibility index (Phi) is 6.30. The van der Waals surface area contributed by atoms with Gasteiger partial charge >= 0.3 is 0 Å². The molecule has 4 rings (SSSR count). The highest BCUT2D eigenvalue weighted by molar-refractivity contribution is 7.16. The van der Waals surface area contributed by atoms with Crippen LogP contribution in [-0.4, -0.2) is 26.3 Å². The van der Waals surface area contributed by atoms with E-state index in [1.165, 1.54) is 4.88 Å². The first-order chi connectivity index (χ1) is 15.0. The maximum absolute atomic E-state index is 12.5. The number of nitrogens with zero attached hydrogens (tertiary/aromatic N) is 1. The number of nitrogens with two attached hydrogens (primary N) is 1. The van der Waals surface area contributed by atoms with Crippen molar-refractivity contribution in [3.8, 4) is 11.5 Å². The first-order valence-electron chi connectivity index (χ1n) is 9.98. The van der Waals surface area contributed by atoms with Gasteiger partial charge < -0.3 is 15.2 Å². The average molecular weight is 455 g/mol. The molecule has 1 amide bonds. The zero-order valence-electron chi connectivity index (χ0n) is 17.4. The summed E-state index contributed by atoms with van der Waals surface area (Å²) in [7, 11) is 3.19. The Balaban J connectivity index is 1.75. The summed E-state index contributed by atoms with van der Waals surface area (Å²) in [4.78, 5) is 18.3. The van der Waals surface area contributed by atoms with Gasteiger partial charge in [0, 0.05) is 22.0 Å². The highest BCUT2D eigenvalue weighted by Crippen LogP contribution is 2.47. The van der Waals surface area contributed by atoms with E-state index in [1.54, 1.807) is 31.8 Å². The Morgan fingerprint density at radius 2 is 2.00 bits per heavy atom. The summed E-state index contributed by atoms with van der Waals surface area (Å²) >= 11 is 7.77. The van der Waals surface area contributed by atoms with Crippen molar-refractivity contribution in [3.63, 3.8) is 0 Å². The van der Waals surface area contributed by atoms with Gasteiger partial charge in [0.05, 0.1) is 19.8 Å². The van der Waals surface area contributed by atoms with E-state index in [0.717, 1.165) is 36.0 Å². The van der Waals surface area contributed by atoms with Crippen LogP contribution in [0.25, 0.3) is 0 Å². The number of thiophene rings is 1. The molecule has 1 aliphatic carbocycles. The lowest BCUT2D eigenvalue weighted by Gasteiger charge is -2.24. The highest BCUT2D eigenvalue weighted by Gasteiger charge is 2.31. The molecule has 5 nitrogen and oxygen atoms in total. The molecule has 160 valence electrons. The van der Waals surface area contributed by atoms with E-state index in [0.29, 0.717) is 27.1 Å². The fourth-order valence-corrected chi connectivity index (χ4v) is 5.55. The van der Waals surface area contributed by atoms with E-state index < -0.39 is 5.91 Å². The van der Waals surface area contributed by atoms with Gasteiger partial charge in [0.1, 0.15) is 5.00 Å². The lowest BCUT2D eigenvalue weighted by Crippen LogP contribution is -2.17. The largest absolute Gasteiger partial charge is 0.493 e. The quantitative estimate of drug-likeness (QED) is 0.483. The molecule has 0 saturated carbocycles. The zero-order valence-corrected chi connectivity index (χ0v) is 18.9. The minimum atomic E-state index is -0.453. The number of carbonyl (C=O) groups excluding carboxylic acids is 1. The first kappa shape index (κ1) is 21.4. The van der Waals surface area contributed by atoms with E-state index in [1.807, 2.05) is 36.4 Å². The van der Waals surface area contributed by atoms with E-state index in [-0.39, 0.29) is 5.92 Å². The molecule has 1 unspecified atom stereocenters. The van der Waals surface area contributed by atoms with Crippen LogP contribution in [0.4, 0.5) is 5.00 Å². The van der Waals surface area contributed by atoms with E-state index in [4.69, 9.17) is 26.8 Å². The van der Waals surface area contributed by atoms with Gasteiger partial charge in [-0.25, -0.2) is 4.99 Å². The number of ether oxygens (including phenoxy) is 2. The lowest BCUT2D eigenvalue weighted by atomic mass is 9.80. The molecule has 1 aliphatic rings. The summed E-state index contributed by atoms with van der Waals surface area (Å²) in [6.07, 6.45) is 4.63. The lowest BCUT2D eigenvalue weighted by molar-refractivity contribution is 0.1000. The predicted octanol–water partition coefficient (Wildman–Crippen LogP) is 5.74. The van der Waals surface area contributed by atoms with Crippen LogP contribution in [0.1, 0.15) is 50.7 Å². The number of aliphatic imine (C=N–C) groups is 1. The summed E-state index contributed by atoms with van der Waals surface area (Å²) in [5, 5.41) is 1.33. The standard InChI is InChI=1S/C24H23ClN2O3S/c1-29-18-10-9-14(11-19(18)30-2)13-27-24-22(23(26)28)21-17(7-4-8-20(21)31-24)15-5-3-6-16(25)12-15/h3,5-6,9-13,17H,4,7-8H2,1-2H3,(H2,26,28). The van der Waals surface area contributed by atoms with Crippen molar-refractivity contribution in [1.82, 2.24) is 0 Å². The Morgan fingerprint density at radius 1 is 1.19 bits per heavy atom. The summed E-state index contributed by atoms with van der Waals surface area (Å²) in [5.41, 5.74) is 9.30. The molecule has 0 fully saturated rings. The van der Waals surface area contributed by atoms with Crippen LogP contribution < -0.4 is 15.2 Å². The average Bonchev–Trinajstić information content (AvgIpc) is 3.16. The smallest absolute Gasteiger partial charge is 0.252 e. The van der Waals surface area contributed by atoms with Gasteiger partial charge in [-0.05, 0) is 66.3 Å². The number of rotatable bonds is 6. The number of methoxy groups -OCH3 is 2. The van der Waals surface area contributed by atoms with Crippen molar-refractivity contribution >= 4 is 40.1 Å². The van der Waals surface area contributed by atoms with Gasteiger partial charge in [-0.3, -0.25) is 4.79 Å². The molecule has 7 heteroatoms. The molecule has 1 heterocycles. The number of aryl methyl sites for hydroxylation is 1. The summed E-state index contributed by atoms with van der Waals surface area (Å²) in [6.45, 7) is 0. The minimum Gasteiger partial charge on any atom is -0.493 e. The van der Waals surface area contributed by atoms with Crippen molar-refractivity contribution in [1.29, 1.82) is 0 Å². The first-order valence-corrected chi connectivity index (χ1v) is 11.2. The van der Waals surface area contributed by atoms with Gasteiger partial charge in [-0.1, -0.05) is 23.7 Å². The zero-order chi connectivity index (χ0) is 22.0. The number of hydrogen-bond acceptors (Lipinski definition) is 5. The van der Waals surface area contributed by atoms with Crippen LogP contribution in [0.3, 0.4) is 0 Å². The molecule has 0 aliphatic heterocycles. The van der Waals surface area contributed by atoms with Crippen LogP contribution >= 0.6 is 22.9 Å². The number of halogens is 1. The molecule has 0 radical (unpaired) electrons. The van der Waals surface area contributed by atoms with Gasteiger partial charge in [-0.2, -0.15) is 0 Å². The molecule has 0 spiro atoms. The van der Waals surface area contributed by atoms with Crippen molar-refractivity contribution in [3.05, 3.63) is 74.6 Å². The van der Waals surface area contributed by atoms with Gasteiger partial charge in [0.2, 0.25) is 0 Å². The summed E-state index contributed by atoms with van der Waals surface area (Å²) in [6, 6.07) is 13.4. The second-order valence-electron chi connectivity index (χ2n) is 7.36. The van der Waals surface area contributed by atoms with E-state index >= 15 is 0 Å². The third-order valence-electron chi connectivity index (χ3n) is 5.48. The highest BCUT2D eigenvalue weighted by atomic mass is 35.5. The predicted molar refractivity (Wildman–Crippen MR) is 126 cm³/mol. The fourth-order valence-electron chi connectivity index (χ4n) is 4.09. The second-order valence-corrected chi connectivity index (χ2v) is 8.88. The maximum Gasteiger partial charge on any atom is 0.252 e. The molecule has 2 aromatic carbocycles. The van der Waals surface area contributed by atoms with E-state index in [9.17, 15) is 4.79 Å². The Hall–Kier alpha value is -2.83. The fraction of sp³-hybridized carbons (Fsp3) is 0.250. The second kappa shape index (κ2) is 9.12. The Labute approximate surface area is 190 Å². The van der Waals surface area contributed by atoms with Crippen molar-refractivity contribution < 1.29 is 14.3 Å². The number of primary amides is 1. The molecule has 1 atom stereocenters. The van der Waals surface area contributed by atoms with Gasteiger partial charge in [0.15, 0.2) is 11.5 Å². The Morgan fingerprint density at radius 3 is 2.71 bits per heavy atom. The van der Waals surface area contributed by atoms with Crippen molar-refractivity contribution in [2.75, 3.05) is 14.2 Å². The summed E-state index contributed by atoms with van der Waals surface area (Å²) < 4.78 is 10.6. The van der Waals surface area contributed by atoms with Crippen LogP contribution in [0, 0.1) is 0 Å². The molecule has 2 N–H and O–H groups in total. The molecular formula is C24H23ClN2O3S. The van der Waals surface area contributed by atoms with Crippen LogP contribution in [0.2, 0.25) is 5.02 Å². The maximum atomic E-state index is 12.5. The third kappa shape index (κ3) is 4.31. The topological polar surface area (TPSA) is 73.9 Å². The molecule has 31 heavy (non-hydrogen) atoms. The van der Waals surface area contributed by atoms with Crippen molar-refractivity contribution in [2.24, 2.45) is 10.7 Å². The van der Waals surface area contributed by atoms with Crippen LogP contribution in [0.15, 0.2) is 47.5 Å². The summed E-state index contributed by atoms with van der Waals surface area (Å²) in [5.74, 6) is 0.901. The normalized spacial score (nSPS) is 15.6. The van der Waals surface area contributed by atoms with Crippen LogP contribution in [0.5, 0.6) is 11.5 Å².